The Morgan fingerprint density at radius 3 is 2.87 bits per heavy atom. The number of pyridine rings is 1. The molecule has 0 saturated heterocycles. The maximum absolute atomic E-state index is 9.63. The Hall–Kier alpha value is -1.38. The summed E-state index contributed by atoms with van der Waals surface area (Å²) >= 11 is 5.96. The molecule has 0 radical (unpaired) electrons. The van der Waals surface area contributed by atoms with Crippen LogP contribution in [0, 0.1) is 0 Å². The van der Waals surface area contributed by atoms with Crippen LogP contribution < -0.4 is 0 Å². The number of aromatic nitrogens is 1. The van der Waals surface area contributed by atoms with Gasteiger partial charge in [0, 0.05) is 10.9 Å². The number of rotatable bonds is 2. The van der Waals surface area contributed by atoms with E-state index >= 15 is 0 Å². The van der Waals surface area contributed by atoms with E-state index in [2.05, 4.69) is 11.6 Å². The van der Waals surface area contributed by atoms with Gasteiger partial charge >= 0.3 is 0 Å². The van der Waals surface area contributed by atoms with Crippen molar-refractivity contribution in [1.82, 2.24) is 4.98 Å². The van der Waals surface area contributed by atoms with Gasteiger partial charge in [-0.25, -0.2) is 4.98 Å². The van der Waals surface area contributed by atoms with Gasteiger partial charge in [0.2, 0.25) is 0 Å². The molecule has 3 heteroatoms. The molecule has 0 amide bonds. The summed E-state index contributed by atoms with van der Waals surface area (Å²) < 4.78 is 0. The van der Waals surface area contributed by atoms with E-state index in [0.717, 1.165) is 10.9 Å². The standard InChI is InChI=1S/C12H10ClNO/c1-2-11(15)9-7-8-5-3-4-6-10(8)14-12(9)13/h2-7,11,15H,1H2. The van der Waals surface area contributed by atoms with Crippen LogP contribution in [0.4, 0.5) is 0 Å². The highest BCUT2D eigenvalue weighted by molar-refractivity contribution is 6.30. The molecule has 0 aliphatic rings. The van der Waals surface area contributed by atoms with Crippen molar-refractivity contribution in [2.45, 2.75) is 6.10 Å². The molecule has 2 nitrogen and oxygen atoms in total. The van der Waals surface area contributed by atoms with Crippen LogP contribution in [0.1, 0.15) is 11.7 Å². The van der Waals surface area contributed by atoms with E-state index in [9.17, 15) is 5.11 Å². The molecule has 1 unspecified atom stereocenters. The summed E-state index contributed by atoms with van der Waals surface area (Å²) in [5.74, 6) is 0. The number of para-hydroxylation sites is 1. The minimum Gasteiger partial charge on any atom is -0.384 e. The van der Waals surface area contributed by atoms with E-state index in [-0.39, 0.29) is 0 Å². The van der Waals surface area contributed by atoms with E-state index < -0.39 is 6.10 Å². The second kappa shape index (κ2) is 4.01. The zero-order valence-corrected chi connectivity index (χ0v) is 8.78. The van der Waals surface area contributed by atoms with E-state index in [1.54, 1.807) is 0 Å². The zero-order valence-electron chi connectivity index (χ0n) is 8.02. The predicted molar refractivity (Wildman–Crippen MR) is 61.9 cm³/mol. The highest BCUT2D eigenvalue weighted by Crippen LogP contribution is 2.25. The molecular formula is C12H10ClNO. The van der Waals surface area contributed by atoms with Gasteiger partial charge in [0.1, 0.15) is 5.15 Å². The Labute approximate surface area is 92.8 Å². The number of aliphatic hydroxyl groups is 1. The second-order valence-electron chi connectivity index (χ2n) is 3.24. The number of fused-ring (bicyclic) bond motifs is 1. The molecule has 1 N–H and O–H groups in total. The molecule has 0 aliphatic heterocycles. The van der Waals surface area contributed by atoms with Crippen molar-refractivity contribution in [3.8, 4) is 0 Å². The first-order valence-electron chi connectivity index (χ1n) is 4.58. The molecule has 0 fully saturated rings. The fourth-order valence-corrected chi connectivity index (χ4v) is 1.70. The molecule has 2 aromatic rings. The van der Waals surface area contributed by atoms with E-state index in [0.29, 0.717) is 10.7 Å². The largest absolute Gasteiger partial charge is 0.384 e. The normalized spacial score (nSPS) is 12.7. The molecule has 0 spiro atoms. The summed E-state index contributed by atoms with van der Waals surface area (Å²) in [5.41, 5.74) is 1.41. The highest BCUT2D eigenvalue weighted by atomic mass is 35.5. The Morgan fingerprint density at radius 2 is 2.13 bits per heavy atom. The number of aliphatic hydroxyl groups excluding tert-OH is 1. The zero-order chi connectivity index (χ0) is 10.8. The third-order valence-corrected chi connectivity index (χ3v) is 2.55. The predicted octanol–water partition coefficient (Wildman–Crippen LogP) is 3.11. The lowest BCUT2D eigenvalue weighted by Crippen LogP contribution is -1.96. The van der Waals surface area contributed by atoms with Crippen LogP contribution in [0.5, 0.6) is 0 Å². The summed E-state index contributed by atoms with van der Waals surface area (Å²) in [6.07, 6.45) is 0.659. The average Bonchev–Trinajstić information content (AvgIpc) is 2.27. The molecule has 15 heavy (non-hydrogen) atoms. The van der Waals surface area contributed by atoms with Gasteiger partial charge in [0.25, 0.3) is 0 Å². The maximum Gasteiger partial charge on any atom is 0.135 e. The average molecular weight is 220 g/mol. The molecular weight excluding hydrogens is 210 g/mol. The van der Waals surface area contributed by atoms with Crippen molar-refractivity contribution in [2.75, 3.05) is 0 Å². The Kier molecular flexibility index (Phi) is 2.71. The van der Waals surface area contributed by atoms with Crippen molar-refractivity contribution in [1.29, 1.82) is 0 Å². The second-order valence-corrected chi connectivity index (χ2v) is 3.60. The number of benzene rings is 1. The summed E-state index contributed by atoms with van der Waals surface area (Å²) in [7, 11) is 0. The topological polar surface area (TPSA) is 33.1 Å². The molecule has 76 valence electrons. The van der Waals surface area contributed by atoms with Crippen molar-refractivity contribution >= 4 is 22.5 Å². The molecule has 1 heterocycles. The molecule has 1 aromatic heterocycles. The summed E-state index contributed by atoms with van der Waals surface area (Å²) in [4.78, 5) is 4.20. The van der Waals surface area contributed by atoms with Crippen LogP contribution in [-0.4, -0.2) is 10.1 Å². The minimum absolute atomic E-state index is 0.320. The number of nitrogens with zero attached hydrogens (tertiary/aromatic N) is 1. The van der Waals surface area contributed by atoms with Crippen LogP contribution in [-0.2, 0) is 0 Å². The van der Waals surface area contributed by atoms with Gasteiger partial charge < -0.3 is 5.11 Å². The van der Waals surface area contributed by atoms with E-state index in [4.69, 9.17) is 11.6 Å². The fourth-order valence-electron chi connectivity index (χ4n) is 1.44. The number of halogens is 1. The summed E-state index contributed by atoms with van der Waals surface area (Å²) in [5, 5.41) is 10.9. The first-order chi connectivity index (χ1) is 7.22. The van der Waals surface area contributed by atoms with Gasteiger partial charge in [-0.05, 0) is 12.1 Å². The monoisotopic (exact) mass is 219 g/mol. The quantitative estimate of drug-likeness (QED) is 0.622. The lowest BCUT2D eigenvalue weighted by Gasteiger charge is -2.08. The summed E-state index contributed by atoms with van der Waals surface area (Å²) in [6, 6.07) is 9.46. The fraction of sp³-hybridized carbons (Fsp3) is 0.0833. The van der Waals surface area contributed by atoms with Crippen LogP contribution >= 0.6 is 11.6 Å². The van der Waals surface area contributed by atoms with Gasteiger partial charge in [0.05, 0.1) is 11.6 Å². The Morgan fingerprint density at radius 1 is 1.40 bits per heavy atom. The van der Waals surface area contributed by atoms with Gasteiger partial charge in [-0.1, -0.05) is 35.9 Å². The van der Waals surface area contributed by atoms with Crippen molar-refractivity contribution in [3.63, 3.8) is 0 Å². The van der Waals surface area contributed by atoms with Crippen LogP contribution in [0.2, 0.25) is 5.15 Å². The third kappa shape index (κ3) is 1.87. The highest BCUT2D eigenvalue weighted by Gasteiger charge is 2.10. The lowest BCUT2D eigenvalue weighted by molar-refractivity contribution is 0.229. The van der Waals surface area contributed by atoms with Gasteiger partial charge in [0.15, 0.2) is 0 Å². The molecule has 0 aliphatic carbocycles. The molecule has 1 aromatic carbocycles. The number of hydrogen-bond donors (Lipinski definition) is 1. The molecule has 0 saturated carbocycles. The van der Waals surface area contributed by atoms with Crippen molar-refractivity contribution < 1.29 is 5.11 Å². The third-order valence-electron chi connectivity index (χ3n) is 2.25. The minimum atomic E-state index is -0.769. The van der Waals surface area contributed by atoms with E-state index in [1.807, 2.05) is 30.3 Å². The smallest absolute Gasteiger partial charge is 0.135 e. The first kappa shape index (κ1) is 10.1. The van der Waals surface area contributed by atoms with Crippen LogP contribution in [0.25, 0.3) is 10.9 Å². The van der Waals surface area contributed by atoms with Crippen molar-refractivity contribution in [2.24, 2.45) is 0 Å². The Balaban J connectivity index is 2.66. The maximum atomic E-state index is 9.63. The van der Waals surface area contributed by atoms with Crippen LogP contribution in [0.15, 0.2) is 43.0 Å². The van der Waals surface area contributed by atoms with Crippen LogP contribution in [0.3, 0.4) is 0 Å². The SMILES string of the molecule is C=CC(O)c1cc2ccccc2nc1Cl. The van der Waals surface area contributed by atoms with Gasteiger partial charge in [-0.3, -0.25) is 0 Å². The van der Waals surface area contributed by atoms with Crippen molar-refractivity contribution in [3.05, 3.63) is 53.7 Å². The number of hydrogen-bond acceptors (Lipinski definition) is 2. The first-order valence-corrected chi connectivity index (χ1v) is 4.96. The summed E-state index contributed by atoms with van der Waals surface area (Å²) in [6.45, 7) is 3.52. The Bertz CT molecular complexity index is 510. The van der Waals surface area contributed by atoms with Gasteiger partial charge in [-0.2, -0.15) is 0 Å². The lowest BCUT2D eigenvalue weighted by atomic mass is 10.1. The molecule has 1 atom stereocenters. The molecule has 2 rings (SSSR count). The van der Waals surface area contributed by atoms with Gasteiger partial charge in [-0.15, -0.1) is 6.58 Å². The molecule has 0 bridgehead atoms. The van der Waals surface area contributed by atoms with E-state index in [1.165, 1.54) is 6.08 Å².